The fourth-order valence-corrected chi connectivity index (χ4v) is 4.78. The van der Waals surface area contributed by atoms with Crippen LogP contribution in [0.2, 0.25) is 5.02 Å². The van der Waals surface area contributed by atoms with Gasteiger partial charge in [0.25, 0.3) is 11.8 Å². The number of aromatic nitrogens is 3. The number of hydrogen-bond acceptors (Lipinski definition) is 5. The molecule has 1 aliphatic heterocycles. The summed E-state index contributed by atoms with van der Waals surface area (Å²) < 4.78 is 0. The maximum absolute atomic E-state index is 12.9. The van der Waals surface area contributed by atoms with Crippen LogP contribution in [0.25, 0.3) is 10.9 Å². The molecule has 0 bridgehead atoms. The second kappa shape index (κ2) is 9.67. The summed E-state index contributed by atoms with van der Waals surface area (Å²) in [6, 6.07) is 6.93. The zero-order valence-electron chi connectivity index (χ0n) is 18.2. The minimum Gasteiger partial charge on any atom is -0.351 e. The van der Waals surface area contributed by atoms with Crippen molar-refractivity contribution in [3.05, 3.63) is 58.3 Å². The van der Waals surface area contributed by atoms with Gasteiger partial charge in [0.1, 0.15) is 5.69 Å². The molecule has 3 N–H and O–H groups in total. The first-order valence-corrected chi connectivity index (χ1v) is 11.3. The van der Waals surface area contributed by atoms with Crippen molar-refractivity contribution < 1.29 is 9.59 Å². The van der Waals surface area contributed by atoms with Crippen LogP contribution in [-0.4, -0.2) is 50.8 Å². The molecule has 2 aromatic heterocycles. The second-order valence-corrected chi connectivity index (χ2v) is 9.13. The second-order valence-electron chi connectivity index (χ2n) is 8.70. The Morgan fingerprint density at radius 3 is 2.58 bits per heavy atom. The maximum atomic E-state index is 12.9. The van der Waals surface area contributed by atoms with Crippen LogP contribution in [0.4, 0.5) is 0 Å². The fourth-order valence-electron chi connectivity index (χ4n) is 4.60. The van der Waals surface area contributed by atoms with E-state index in [4.69, 9.17) is 11.6 Å². The average molecular weight is 489 g/mol. The molecule has 0 saturated heterocycles. The third-order valence-corrected chi connectivity index (χ3v) is 6.48. The lowest BCUT2D eigenvalue weighted by Gasteiger charge is -2.32. The Hall–Kier alpha value is -2.68. The van der Waals surface area contributed by atoms with Gasteiger partial charge in [-0.3, -0.25) is 14.5 Å². The molecule has 1 aliphatic carbocycles. The summed E-state index contributed by atoms with van der Waals surface area (Å²) in [4.78, 5) is 39.8. The van der Waals surface area contributed by atoms with Gasteiger partial charge < -0.3 is 15.6 Å². The Kier molecular flexibility index (Phi) is 6.88. The summed E-state index contributed by atoms with van der Waals surface area (Å²) in [5.41, 5.74) is 3.29. The number of rotatable bonds is 4. The number of hydrogen-bond donors (Lipinski definition) is 3. The van der Waals surface area contributed by atoms with Crippen molar-refractivity contribution in [3.63, 3.8) is 0 Å². The van der Waals surface area contributed by atoms with Gasteiger partial charge >= 0.3 is 0 Å². The highest BCUT2D eigenvalue weighted by molar-refractivity contribution is 6.31. The first-order chi connectivity index (χ1) is 15.5. The normalized spacial score (nSPS) is 20.2. The molecule has 3 aromatic rings. The molecule has 174 valence electrons. The third kappa shape index (κ3) is 4.98. The van der Waals surface area contributed by atoms with Gasteiger partial charge in [0, 0.05) is 52.9 Å². The molecule has 1 fully saturated rings. The number of carbonyl (C=O) groups is 2. The molecule has 0 unspecified atom stereocenters. The molecule has 0 spiro atoms. The summed E-state index contributed by atoms with van der Waals surface area (Å²) in [6.45, 7) is 1.52. The van der Waals surface area contributed by atoms with Gasteiger partial charge in [-0.05, 0) is 44.2 Å². The number of nitrogens with zero attached hydrogens (tertiary/aromatic N) is 3. The fraction of sp³-hybridized carbons (Fsp3) is 0.391. The molecule has 2 aliphatic rings. The quantitative estimate of drug-likeness (QED) is 0.521. The first-order valence-electron chi connectivity index (χ1n) is 10.9. The molecule has 1 saturated carbocycles. The van der Waals surface area contributed by atoms with Crippen LogP contribution in [0.5, 0.6) is 0 Å². The SMILES string of the molecule is CN1Cc2cnc(C(=O)N[C@H]3CCCC[C@H]3NC(=O)c3cc4cc(Cl)ccc4[nH]3)nc2C1.Cl. The highest BCUT2D eigenvalue weighted by atomic mass is 35.5. The predicted molar refractivity (Wildman–Crippen MR) is 129 cm³/mol. The van der Waals surface area contributed by atoms with Crippen LogP contribution in [0.15, 0.2) is 30.5 Å². The Morgan fingerprint density at radius 2 is 1.82 bits per heavy atom. The number of benzene rings is 1. The van der Waals surface area contributed by atoms with Gasteiger partial charge in [-0.15, -0.1) is 12.4 Å². The lowest BCUT2D eigenvalue weighted by molar-refractivity contribution is 0.0855. The Labute approximate surface area is 202 Å². The van der Waals surface area contributed by atoms with Crippen LogP contribution in [0.1, 0.15) is 58.0 Å². The zero-order chi connectivity index (χ0) is 22.2. The molecule has 8 nitrogen and oxygen atoms in total. The average Bonchev–Trinajstić information content (AvgIpc) is 3.36. The van der Waals surface area contributed by atoms with Gasteiger partial charge in [0.2, 0.25) is 5.82 Å². The van der Waals surface area contributed by atoms with Crippen LogP contribution in [-0.2, 0) is 13.1 Å². The lowest BCUT2D eigenvalue weighted by atomic mass is 9.90. The van der Waals surface area contributed by atoms with Gasteiger partial charge in [-0.1, -0.05) is 24.4 Å². The molecule has 3 heterocycles. The number of H-pyrrole nitrogens is 1. The van der Waals surface area contributed by atoms with Crippen molar-refractivity contribution in [3.8, 4) is 0 Å². The first kappa shape index (κ1) is 23.5. The molecule has 33 heavy (non-hydrogen) atoms. The molecule has 2 amide bonds. The highest BCUT2D eigenvalue weighted by Crippen LogP contribution is 2.23. The molecule has 10 heteroatoms. The van der Waals surface area contributed by atoms with Gasteiger partial charge in [0.05, 0.1) is 5.69 Å². The topological polar surface area (TPSA) is 103 Å². The van der Waals surface area contributed by atoms with Crippen molar-refractivity contribution in [1.29, 1.82) is 0 Å². The van der Waals surface area contributed by atoms with E-state index in [1.165, 1.54) is 0 Å². The lowest BCUT2D eigenvalue weighted by Crippen LogP contribution is -2.53. The number of fused-ring (bicyclic) bond motifs is 2. The van der Waals surface area contributed by atoms with E-state index < -0.39 is 0 Å². The van der Waals surface area contributed by atoms with Crippen molar-refractivity contribution in [1.82, 2.24) is 30.5 Å². The van der Waals surface area contributed by atoms with E-state index in [0.717, 1.165) is 60.9 Å². The maximum Gasteiger partial charge on any atom is 0.289 e. The molecular weight excluding hydrogens is 463 g/mol. The van der Waals surface area contributed by atoms with Gasteiger partial charge in [-0.2, -0.15) is 0 Å². The van der Waals surface area contributed by atoms with E-state index in [1.54, 1.807) is 18.3 Å². The summed E-state index contributed by atoms with van der Waals surface area (Å²) in [7, 11) is 2.01. The highest BCUT2D eigenvalue weighted by Gasteiger charge is 2.30. The van der Waals surface area contributed by atoms with E-state index in [-0.39, 0.29) is 42.1 Å². The van der Waals surface area contributed by atoms with E-state index in [9.17, 15) is 9.59 Å². The molecule has 5 rings (SSSR count). The van der Waals surface area contributed by atoms with Gasteiger partial charge in [0.15, 0.2) is 0 Å². The number of halogens is 2. The number of nitrogens with one attached hydrogen (secondary N) is 3. The Balaban J connectivity index is 0.00000259. The van der Waals surface area contributed by atoms with Crippen molar-refractivity contribution in [2.45, 2.75) is 50.9 Å². The molecule has 2 atom stereocenters. The largest absolute Gasteiger partial charge is 0.351 e. The Morgan fingerprint density at radius 1 is 1.09 bits per heavy atom. The molecular formula is C23H26Cl2N6O2. The van der Waals surface area contributed by atoms with Crippen molar-refractivity contribution in [2.75, 3.05) is 7.05 Å². The molecule has 0 radical (unpaired) electrons. The minimum atomic E-state index is -0.297. The Bertz CT molecular complexity index is 1200. The van der Waals surface area contributed by atoms with E-state index in [0.29, 0.717) is 10.7 Å². The monoisotopic (exact) mass is 488 g/mol. The van der Waals surface area contributed by atoms with Crippen LogP contribution in [0.3, 0.4) is 0 Å². The molecule has 1 aromatic carbocycles. The summed E-state index contributed by atoms with van der Waals surface area (Å²) in [6.07, 6.45) is 5.34. The number of aromatic amines is 1. The standard InChI is InChI=1S/C23H25ClN6O2.ClH/c1-30-11-14-10-25-21(27-20(14)12-30)23(32)29-18-5-3-2-4-17(18)28-22(31)19-9-13-8-15(24)6-7-16(13)26-19;/h6-10,17-18,26H,2-5,11-12H2,1H3,(H,28,31)(H,29,32);1H/t17-,18+;/m1./s1. The van der Waals surface area contributed by atoms with Crippen LogP contribution in [0, 0.1) is 0 Å². The van der Waals surface area contributed by atoms with Crippen LogP contribution >= 0.6 is 24.0 Å². The van der Waals surface area contributed by atoms with Crippen molar-refractivity contribution in [2.24, 2.45) is 0 Å². The summed E-state index contributed by atoms with van der Waals surface area (Å²) in [5, 5.41) is 7.67. The van der Waals surface area contributed by atoms with E-state index in [1.807, 2.05) is 19.2 Å². The summed E-state index contributed by atoms with van der Waals surface area (Å²) >= 11 is 6.05. The van der Waals surface area contributed by atoms with E-state index in [2.05, 4.69) is 30.5 Å². The minimum absolute atomic E-state index is 0. The number of carbonyl (C=O) groups excluding carboxylic acids is 2. The smallest absolute Gasteiger partial charge is 0.289 e. The van der Waals surface area contributed by atoms with Crippen molar-refractivity contribution >= 4 is 46.7 Å². The van der Waals surface area contributed by atoms with E-state index >= 15 is 0 Å². The van der Waals surface area contributed by atoms with Crippen LogP contribution < -0.4 is 10.6 Å². The number of amides is 2. The van der Waals surface area contributed by atoms with Gasteiger partial charge in [-0.25, -0.2) is 9.97 Å². The summed E-state index contributed by atoms with van der Waals surface area (Å²) in [5.74, 6) is -0.309. The zero-order valence-corrected chi connectivity index (χ0v) is 19.8. The predicted octanol–water partition coefficient (Wildman–Crippen LogP) is 3.45. The third-order valence-electron chi connectivity index (χ3n) is 6.24.